The fraction of sp³-hybridized carbons (Fsp3) is 0.125. The minimum atomic E-state index is -0.100. The van der Waals surface area contributed by atoms with E-state index in [0.717, 1.165) is 28.1 Å². The van der Waals surface area contributed by atoms with Crippen molar-refractivity contribution in [2.75, 3.05) is 11.1 Å². The highest BCUT2D eigenvalue weighted by molar-refractivity contribution is 7.99. The second kappa shape index (κ2) is 9.37. The van der Waals surface area contributed by atoms with E-state index < -0.39 is 0 Å². The Balaban J connectivity index is 1.60. The van der Waals surface area contributed by atoms with Gasteiger partial charge < -0.3 is 5.32 Å². The number of aromatic nitrogens is 3. The quantitative estimate of drug-likeness (QED) is 0.371. The zero-order chi connectivity index (χ0) is 21.8. The number of aryl methyl sites for hydroxylation is 2. The van der Waals surface area contributed by atoms with Crippen LogP contribution in [0.4, 0.5) is 5.69 Å². The summed E-state index contributed by atoms with van der Waals surface area (Å²) in [7, 11) is 0. The van der Waals surface area contributed by atoms with E-state index in [0.29, 0.717) is 16.0 Å². The minimum absolute atomic E-state index is 0.100. The Bertz CT molecular complexity index is 1200. The van der Waals surface area contributed by atoms with Gasteiger partial charge in [-0.1, -0.05) is 64.8 Å². The SMILES string of the molecule is Cc1ccc(NC(=O)CSc2nnc(-c3cccc(C)c3)n2-c2ccc(Cl)cc2)cc1. The molecule has 0 saturated heterocycles. The Morgan fingerprint density at radius 2 is 1.71 bits per heavy atom. The third-order valence-electron chi connectivity index (χ3n) is 4.66. The van der Waals surface area contributed by atoms with Crippen LogP contribution in [-0.4, -0.2) is 26.4 Å². The molecule has 0 atom stereocenters. The van der Waals surface area contributed by atoms with Gasteiger partial charge in [-0.3, -0.25) is 9.36 Å². The van der Waals surface area contributed by atoms with E-state index in [2.05, 4.69) is 21.6 Å². The molecule has 0 aliphatic heterocycles. The van der Waals surface area contributed by atoms with Crippen LogP contribution in [0.15, 0.2) is 78.0 Å². The molecular weight excluding hydrogens is 428 g/mol. The smallest absolute Gasteiger partial charge is 0.234 e. The number of rotatable bonds is 6. The molecule has 31 heavy (non-hydrogen) atoms. The number of halogens is 1. The first kappa shape index (κ1) is 21.2. The largest absolute Gasteiger partial charge is 0.325 e. The number of carbonyl (C=O) groups is 1. The molecule has 1 heterocycles. The minimum Gasteiger partial charge on any atom is -0.325 e. The maximum Gasteiger partial charge on any atom is 0.234 e. The summed E-state index contributed by atoms with van der Waals surface area (Å²) in [6.45, 7) is 4.05. The third-order valence-corrected chi connectivity index (χ3v) is 5.84. The standard InChI is InChI=1S/C24H21ClN4OS/c1-16-6-10-20(11-7-16)26-22(30)15-31-24-28-27-23(18-5-3-4-17(2)14-18)29(24)21-12-8-19(25)9-13-21/h3-14H,15H2,1-2H3,(H,26,30). The van der Waals surface area contributed by atoms with Gasteiger partial charge in [0.1, 0.15) is 0 Å². The zero-order valence-corrected chi connectivity index (χ0v) is 18.7. The lowest BCUT2D eigenvalue weighted by Gasteiger charge is -2.11. The maximum atomic E-state index is 12.5. The highest BCUT2D eigenvalue weighted by atomic mass is 35.5. The van der Waals surface area contributed by atoms with Gasteiger partial charge in [0.2, 0.25) is 5.91 Å². The molecule has 1 N–H and O–H groups in total. The Labute approximate surface area is 190 Å². The molecule has 4 aromatic rings. The number of thioether (sulfide) groups is 1. The lowest BCUT2D eigenvalue weighted by atomic mass is 10.1. The van der Waals surface area contributed by atoms with E-state index in [1.807, 2.05) is 85.1 Å². The van der Waals surface area contributed by atoms with Crippen LogP contribution < -0.4 is 5.32 Å². The van der Waals surface area contributed by atoms with E-state index in [9.17, 15) is 4.79 Å². The van der Waals surface area contributed by atoms with Crippen molar-refractivity contribution in [1.82, 2.24) is 14.8 Å². The second-order valence-electron chi connectivity index (χ2n) is 7.19. The Kier molecular flexibility index (Phi) is 6.39. The molecule has 0 unspecified atom stereocenters. The van der Waals surface area contributed by atoms with Crippen LogP contribution in [-0.2, 0) is 4.79 Å². The molecule has 3 aromatic carbocycles. The molecular formula is C24H21ClN4OS. The van der Waals surface area contributed by atoms with Crippen molar-refractivity contribution in [3.05, 3.63) is 88.9 Å². The normalized spacial score (nSPS) is 10.8. The van der Waals surface area contributed by atoms with E-state index in [1.54, 1.807) is 0 Å². The summed E-state index contributed by atoms with van der Waals surface area (Å²) in [6.07, 6.45) is 0. The fourth-order valence-electron chi connectivity index (χ4n) is 3.12. The molecule has 156 valence electrons. The molecule has 1 amide bonds. The van der Waals surface area contributed by atoms with Crippen LogP contribution in [0.25, 0.3) is 17.1 Å². The molecule has 0 saturated carbocycles. The molecule has 0 aliphatic carbocycles. The van der Waals surface area contributed by atoms with Gasteiger partial charge in [-0.25, -0.2) is 0 Å². The summed E-state index contributed by atoms with van der Waals surface area (Å²) in [5, 5.41) is 13.0. The van der Waals surface area contributed by atoms with E-state index in [4.69, 9.17) is 11.6 Å². The van der Waals surface area contributed by atoms with Crippen molar-refractivity contribution in [1.29, 1.82) is 0 Å². The van der Waals surface area contributed by atoms with Gasteiger partial charge in [-0.2, -0.15) is 0 Å². The second-order valence-corrected chi connectivity index (χ2v) is 8.57. The third kappa shape index (κ3) is 5.16. The first-order valence-corrected chi connectivity index (χ1v) is 11.1. The van der Waals surface area contributed by atoms with Crippen LogP contribution in [0, 0.1) is 13.8 Å². The number of anilines is 1. The summed E-state index contributed by atoms with van der Waals surface area (Å²) >= 11 is 7.42. The summed E-state index contributed by atoms with van der Waals surface area (Å²) in [6, 6.07) is 23.3. The van der Waals surface area contributed by atoms with Crippen molar-refractivity contribution < 1.29 is 4.79 Å². The number of nitrogens with one attached hydrogen (secondary N) is 1. The molecule has 5 nitrogen and oxygen atoms in total. The first-order chi connectivity index (χ1) is 15.0. The van der Waals surface area contributed by atoms with Gasteiger partial charge >= 0.3 is 0 Å². The molecule has 0 spiro atoms. The number of carbonyl (C=O) groups excluding carboxylic acids is 1. The zero-order valence-electron chi connectivity index (χ0n) is 17.2. The highest BCUT2D eigenvalue weighted by Crippen LogP contribution is 2.29. The van der Waals surface area contributed by atoms with Crippen LogP contribution >= 0.6 is 23.4 Å². The molecule has 7 heteroatoms. The first-order valence-electron chi connectivity index (χ1n) is 9.77. The molecule has 0 bridgehead atoms. The predicted octanol–water partition coefficient (Wildman–Crippen LogP) is 5.94. The van der Waals surface area contributed by atoms with Crippen LogP contribution in [0.1, 0.15) is 11.1 Å². The number of nitrogens with zero attached hydrogens (tertiary/aromatic N) is 3. The number of benzene rings is 3. The van der Waals surface area contributed by atoms with Crippen molar-refractivity contribution >= 4 is 35.0 Å². The molecule has 1 aromatic heterocycles. The molecule has 0 fully saturated rings. The Morgan fingerprint density at radius 3 is 2.42 bits per heavy atom. The highest BCUT2D eigenvalue weighted by Gasteiger charge is 2.17. The van der Waals surface area contributed by atoms with E-state index >= 15 is 0 Å². The lowest BCUT2D eigenvalue weighted by Crippen LogP contribution is -2.14. The average molecular weight is 449 g/mol. The van der Waals surface area contributed by atoms with Gasteiger partial charge in [0.05, 0.1) is 5.75 Å². The van der Waals surface area contributed by atoms with Gasteiger partial charge in [-0.15, -0.1) is 10.2 Å². The van der Waals surface area contributed by atoms with Gasteiger partial charge in [0.15, 0.2) is 11.0 Å². The fourth-order valence-corrected chi connectivity index (χ4v) is 4.00. The summed E-state index contributed by atoms with van der Waals surface area (Å²) in [4.78, 5) is 12.5. The van der Waals surface area contributed by atoms with Crippen LogP contribution in [0.2, 0.25) is 5.02 Å². The van der Waals surface area contributed by atoms with Crippen molar-refractivity contribution in [3.8, 4) is 17.1 Å². The lowest BCUT2D eigenvalue weighted by molar-refractivity contribution is -0.113. The Morgan fingerprint density at radius 1 is 0.968 bits per heavy atom. The summed E-state index contributed by atoms with van der Waals surface area (Å²) in [5.41, 5.74) is 4.89. The van der Waals surface area contributed by atoms with Crippen LogP contribution in [0.3, 0.4) is 0 Å². The van der Waals surface area contributed by atoms with Gasteiger partial charge in [-0.05, 0) is 56.3 Å². The molecule has 0 aliphatic rings. The van der Waals surface area contributed by atoms with E-state index in [-0.39, 0.29) is 11.7 Å². The number of hydrogen-bond donors (Lipinski definition) is 1. The van der Waals surface area contributed by atoms with Gasteiger partial charge in [0.25, 0.3) is 0 Å². The van der Waals surface area contributed by atoms with Crippen molar-refractivity contribution in [3.63, 3.8) is 0 Å². The maximum absolute atomic E-state index is 12.5. The summed E-state index contributed by atoms with van der Waals surface area (Å²) < 4.78 is 1.95. The Hall–Kier alpha value is -3.09. The average Bonchev–Trinajstić information content (AvgIpc) is 3.18. The van der Waals surface area contributed by atoms with Crippen LogP contribution in [0.5, 0.6) is 0 Å². The molecule has 0 radical (unpaired) electrons. The monoisotopic (exact) mass is 448 g/mol. The van der Waals surface area contributed by atoms with E-state index in [1.165, 1.54) is 11.8 Å². The van der Waals surface area contributed by atoms with Crippen molar-refractivity contribution in [2.24, 2.45) is 0 Å². The van der Waals surface area contributed by atoms with Gasteiger partial charge in [0, 0.05) is 22.0 Å². The topological polar surface area (TPSA) is 59.8 Å². The number of amides is 1. The molecule has 4 rings (SSSR count). The predicted molar refractivity (Wildman–Crippen MR) is 127 cm³/mol. The summed E-state index contributed by atoms with van der Waals surface area (Å²) in [5.74, 6) is 0.831. The number of hydrogen-bond acceptors (Lipinski definition) is 4. The van der Waals surface area contributed by atoms with Crippen molar-refractivity contribution in [2.45, 2.75) is 19.0 Å².